The van der Waals surface area contributed by atoms with Crippen molar-refractivity contribution in [2.75, 3.05) is 13.2 Å². The molecule has 0 aromatic rings. The van der Waals surface area contributed by atoms with E-state index in [1.54, 1.807) is 0 Å². The summed E-state index contributed by atoms with van der Waals surface area (Å²) in [5, 5.41) is 37.9. The second-order valence-corrected chi connectivity index (χ2v) is 6.05. The largest absolute Gasteiger partial charge is 0.394 e. The van der Waals surface area contributed by atoms with Crippen molar-refractivity contribution in [1.29, 1.82) is 0 Å². The Kier molecular flexibility index (Phi) is 10.2. The lowest BCUT2D eigenvalue weighted by atomic mass is 10.1. The van der Waals surface area contributed by atoms with Crippen LogP contribution in [0, 0.1) is 0 Å². The molecule has 1 rings (SSSR count). The van der Waals surface area contributed by atoms with Crippen molar-refractivity contribution >= 4 is 0 Å². The van der Waals surface area contributed by atoms with E-state index in [1.807, 2.05) is 0 Å². The van der Waals surface area contributed by atoms with Crippen LogP contribution in [-0.4, -0.2) is 64.3 Å². The first-order chi connectivity index (χ1) is 10.6. The Hall–Kier alpha value is -0.240. The molecule has 0 amide bonds. The highest BCUT2D eigenvalue weighted by atomic mass is 16.7. The Balaban J connectivity index is 2.07. The van der Waals surface area contributed by atoms with Crippen molar-refractivity contribution in [3.05, 3.63) is 0 Å². The first-order valence-corrected chi connectivity index (χ1v) is 8.54. The summed E-state index contributed by atoms with van der Waals surface area (Å²) in [4.78, 5) is 0. The highest BCUT2D eigenvalue weighted by Gasteiger charge is 2.46. The SMILES string of the molecule is CCCCCCCCCCO[C@@H]1O[C@H]([C@H](O)CO)[C@H](O)[C@H]1O. The number of aliphatic hydroxyl groups is 4. The maximum atomic E-state index is 9.80. The van der Waals surface area contributed by atoms with Crippen molar-refractivity contribution in [1.82, 2.24) is 0 Å². The van der Waals surface area contributed by atoms with Crippen molar-refractivity contribution in [3.8, 4) is 0 Å². The highest BCUT2D eigenvalue weighted by molar-refractivity contribution is 4.90. The number of hydrogen-bond donors (Lipinski definition) is 4. The summed E-state index contributed by atoms with van der Waals surface area (Å²) in [6, 6.07) is 0. The molecule has 1 aliphatic heterocycles. The lowest BCUT2D eigenvalue weighted by Crippen LogP contribution is -2.40. The molecule has 0 spiro atoms. The Labute approximate surface area is 133 Å². The Morgan fingerprint density at radius 2 is 1.55 bits per heavy atom. The van der Waals surface area contributed by atoms with Gasteiger partial charge in [0.05, 0.1) is 6.61 Å². The van der Waals surface area contributed by atoms with Gasteiger partial charge in [0.15, 0.2) is 6.29 Å². The topological polar surface area (TPSA) is 99.4 Å². The molecule has 0 bridgehead atoms. The van der Waals surface area contributed by atoms with Gasteiger partial charge in [-0.3, -0.25) is 0 Å². The minimum atomic E-state index is -1.24. The lowest BCUT2D eigenvalue weighted by molar-refractivity contribution is -0.181. The number of hydrogen-bond acceptors (Lipinski definition) is 6. The summed E-state index contributed by atoms with van der Waals surface area (Å²) < 4.78 is 10.7. The van der Waals surface area contributed by atoms with Crippen LogP contribution in [0.2, 0.25) is 0 Å². The number of rotatable bonds is 12. The third-order valence-electron chi connectivity index (χ3n) is 4.10. The molecule has 0 saturated carbocycles. The fourth-order valence-corrected chi connectivity index (χ4v) is 2.67. The van der Waals surface area contributed by atoms with Gasteiger partial charge in [-0.15, -0.1) is 0 Å². The van der Waals surface area contributed by atoms with E-state index >= 15 is 0 Å². The molecule has 5 atom stereocenters. The van der Waals surface area contributed by atoms with E-state index in [0.717, 1.165) is 12.8 Å². The second kappa shape index (κ2) is 11.3. The lowest BCUT2D eigenvalue weighted by Gasteiger charge is -2.18. The summed E-state index contributed by atoms with van der Waals surface area (Å²) in [7, 11) is 0. The van der Waals surface area contributed by atoms with Crippen LogP contribution < -0.4 is 0 Å². The van der Waals surface area contributed by atoms with Crippen molar-refractivity contribution in [2.24, 2.45) is 0 Å². The molecular weight excluding hydrogens is 288 g/mol. The summed E-state index contributed by atoms with van der Waals surface area (Å²) in [5.74, 6) is 0. The van der Waals surface area contributed by atoms with Gasteiger partial charge < -0.3 is 29.9 Å². The van der Waals surface area contributed by atoms with E-state index in [9.17, 15) is 15.3 Å². The first kappa shape index (κ1) is 19.8. The predicted octanol–water partition coefficient (Wildman–Crippen LogP) is 0.944. The van der Waals surface area contributed by atoms with Crippen LogP contribution in [0.5, 0.6) is 0 Å². The normalized spacial score (nSPS) is 29.9. The summed E-state index contributed by atoms with van der Waals surface area (Å²) >= 11 is 0. The zero-order valence-electron chi connectivity index (χ0n) is 13.6. The summed E-state index contributed by atoms with van der Waals surface area (Å²) in [6.45, 7) is 2.13. The number of unbranched alkanes of at least 4 members (excludes halogenated alkanes) is 7. The van der Waals surface area contributed by atoms with Gasteiger partial charge in [0.25, 0.3) is 0 Å². The molecule has 0 aromatic carbocycles. The van der Waals surface area contributed by atoms with Gasteiger partial charge in [-0.1, -0.05) is 51.9 Å². The summed E-state index contributed by atoms with van der Waals surface area (Å²) in [6.07, 6.45) is 3.92. The van der Waals surface area contributed by atoms with Crippen LogP contribution in [0.15, 0.2) is 0 Å². The fraction of sp³-hybridized carbons (Fsp3) is 1.00. The average Bonchev–Trinajstić information content (AvgIpc) is 2.81. The van der Waals surface area contributed by atoms with E-state index in [-0.39, 0.29) is 0 Å². The van der Waals surface area contributed by atoms with Crippen LogP contribution in [0.4, 0.5) is 0 Å². The quantitative estimate of drug-likeness (QED) is 0.400. The molecule has 1 heterocycles. The van der Waals surface area contributed by atoms with Crippen molar-refractivity contribution < 1.29 is 29.9 Å². The molecule has 0 aromatic heterocycles. The maximum Gasteiger partial charge on any atom is 0.186 e. The number of ether oxygens (including phenoxy) is 2. The molecule has 1 aliphatic rings. The van der Waals surface area contributed by atoms with Crippen LogP contribution in [0.3, 0.4) is 0 Å². The molecule has 132 valence electrons. The third-order valence-corrected chi connectivity index (χ3v) is 4.10. The smallest absolute Gasteiger partial charge is 0.186 e. The molecule has 6 nitrogen and oxygen atoms in total. The van der Waals surface area contributed by atoms with Gasteiger partial charge in [-0.05, 0) is 6.42 Å². The standard InChI is InChI=1S/C16H32O6/c1-2-3-4-5-6-7-8-9-10-21-16-14(20)13(19)15(22-16)12(18)11-17/h12-20H,2-11H2,1H3/t12-,13-,14-,15-,16-/m1/s1. The van der Waals surface area contributed by atoms with Gasteiger partial charge in [0.2, 0.25) is 0 Å². The van der Waals surface area contributed by atoms with E-state index in [4.69, 9.17) is 14.6 Å². The minimum Gasteiger partial charge on any atom is -0.394 e. The van der Waals surface area contributed by atoms with Crippen LogP contribution in [-0.2, 0) is 9.47 Å². The van der Waals surface area contributed by atoms with Gasteiger partial charge >= 0.3 is 0 Å². The molecule has 22 heavy (non-hydrogen) atoms. The Bertz CT molecular complexity index is 275. The van der Waals surface area contributed by atoms with E-state index in [0.29, 0.717) is 6.61 Å². The van der Waals surface area contributed by atoms with Crippen LogP contribution >= 0.6 is 0 Å². The average molecular weight is 320 g/mol. The third kappa shape index (κ3) is 6.48. The zero-order chi connectivity index (χ0) is 16.4. The molecule has 0 radical (unpaired) electrons. The first-order valence-electron chi connectivity index (χ1n) is 8.54. The van der Waals surface area contributed by atoms with Gasteiger partial charge in [-0.25, -0.2) is 0 Å². The van der Waals surface area contributed by atoms with E-state index < -0.39 is 37.3 Å². The van der Waals surface area contributed by atoms with Crippen LogP contribution in [0.25, 0.3) is 0 Å². The van der Waals surface area contributed by atoms with E-state index in [1.165, 1.54) is 38.5 Å². The van der Waals surface area contributed by atoms with Crippen molar-refractivity contribution in [3.63, 3.8) is 0 Å². The molecule has 6 heteroatoms. The monoisotopic (exact) mass is 320 g/mol. The Morgan fingerprint density at radius 3 is 2.14 bits per heavy atom. The molecular formula is C16H32O6. The molecule has 1 saturated heterocycles. The maximum absolute atomic E-state index is 9.80. The van der Waals surface area contributed by atoms with E-state index in [2.05, 4.69) is 6.92 Å². The number of aliphatic hydroxyl groups excluding tert-OH is 4. The Morgan fingerprint density at radius 1 is 0.955 bits per heavy atom. The van der Waals surface area contributed by atoms with Crippen LogP contribution in [0.1, 0.15) is 58.3 Å². The predicted molar refractivity (Wildman–Crippen MR) is 82.3 cm³/mol. The molecule has 0 aliphatic carbocycles. The molecule has 4 N–H and O–H groups in total. The molecule has 1 fully saturated rings. The second-order valence-electron chi connectivity index (χ2n) is 6.05. The fourth-order valence-electron chi connectivity index (χ4n) is 2.67. The zero-order valence-corrected chi connectivity index (χ0v) is 13.6. The van der Waals surface area contributed by atoms with Gasteiger partial charge in [0, 0.05) is 6.61 Å². The molecule has 0 unspecified atom stereocenters. The van der Waals surface area contributed by atoms with Gasteiger partial charge in [0.1, 0.15) is 24.4 Å². The highest BCUT2D eigenvalue weighted by Crippen LogP contribution is 2.24. The van der Waals surface area contributed by atoms with Gasteiger partial charge in [-0.2, -0.15) is 0 Å². The van der Waals surface area contributed by atoms with Crippen molar-refractivity contribution in [2.45, 2.75) is 89.0 Å². The minimum absolute atomic E-state index is 0.450. The summed E-state index contributed by atoms with van der Waals surface area (Å²) in [5.41, 5.74) is 0.